The van der Waals surface area contributed by atoms with Crippen molar-refractivity contribution < 1.29 is 23.5 Å². The average molecular weight is 455 g/mol. The molecular formula is C24H27FN4O4. The molecule has 3 heterocycles. The Labute approximate surface area is 191 Å². The van der Waals surface area contributed by atoms with Crippen molar-refractivity contribution >= 4 is 29.7 Å². The van der Waals surface area contributed by atoms with Crippen LogP contribution in [0, 0.1) is 5.92 Å². The first-order valence-electron chi connectivity index (χ1n) is 11.0. The van der Waals surface area contributed by atoms with Crippen molar-refractivity contribution in [3.8, 4) is 0 Å². The molecule has 1 unspecified atom stereocenters. The molecule has 2 saturated heterocycles. The van der Waals surface area contributed by atoms with Gasteiger partial charge >= 0.3 is 0 Å². The van der Waals surface area contributed by atoms with Crippen molar-refractivity contribution in [2.75, 3.05) is 13.2 Å². The maximum absolute atomic E-state index is 14.3. The van der Waals surface area contributed by atoms with Crippen molar-refractivity contribution in [1.29, 1.82) is 0 Å². The van der Waals surface area contributed by atoms with Gasteiger partial charge in [0, 0.05) is 5.56 Å². The van der Waals surface area contributed by atoms with E-state index in [0.717, 1.165) is 11.3 Å². The number of imidazole rings is 1. The van der Waals surface area contributed by atoms with Gasteiger partial charge in [0.05, 0.1) is 24.8 Å². The Balaban J connectivity index is 1.45. The van der Waals surface area contributed by atoms with Crippen LogP contribution in [-0.4, -0.2) is 70.0 Å². The number of H-pyrrole nitrogens is 1. The summed E-state index contributed by atoms with van der Waals surface area (Å²) < 4.78 is 19.6. The quantitative estimate of drug-likeness (QED) is 0.668. The summed E-state index contributed by atoms with van der Waals surface area (Å²) >= 11 is 0. The number of fused-ring (bicyclic) bond motifs is 1. The molecule has 8 nitrogen and oxygen atoms in total. The molecule has 1 aromatic heterocycles. The first kappa shape index (κ1) is 22.8. The van der Waals surface area contributed by atoms with Gasteiger partial charge < -0.3 is 19.9 Å². The van der Waals surface area contributed by atoms with Crippen LogP contribution in [0.4, 0.5) is 4.39 Å². The third-order valence-corrected chi connectivity index (χ3v) is 5.86. The number of amides is 2. The number of ketones is 1. The van der Waals surface area contributed by atoms with Crippen LogP contribution in [0.5, 0.6) is 0 Å². The van der Waals surface area contributed by atoms with E-state index in [1.54, 1.807) is 36.8 Å². The third-order valence-electron chi connectivity index (χ3n) is 5.86. The van der Waals surface area contributed by atoms with Gasteiger partial charge in [0.1, 0.15) is 31.0 Å². The van der Waals surface area contributed by atoms with E-state index in [1.807, 2.05) is 26.0 Å². The minimum Gasteiger partial charge on any atom is -0.365 e. The predicted octanol–water partition coefficient (Wildman–Crippen LogP) is 2.24. The Morgan fingerprint density at radius 1 is 1.30 bits per heavy atom. The standard InChI is InChI=1S/C24H27FN4O4/c1-14(2)9-19(24(32)29-11-18(25)22-21(29)20(30)12-33-22)28-23(31)16-6-3-15(4-7-16)5-8-17-10-26-13-27-17/h3-8,10,13-14,18-19,21-22H,9,11-12H2,1-2H3,(H,26,27)(H,28,31)/b8-5+/t18?,19-,21+,22+/m0/s1. The molecule has 9 heteroatoms. The maximum Gasteiger partial charge on any atom is 0.251 e. The highest BCUT2D eigenvalue weighted by molar-refractivity contribution is 5.99. The number of hydrogen-bond acceptors (Lipinski definition) is 5. The molecule has 4 atom stereocenters. The molecule has 0 saturated carbocycles. The number of hydrogen-bond donors (Lipinski definition) is 2. The molecule has 2 aromatic rings. The zero-order valence-electron chi connectivity index (χ0n) is 18.5. The van der Waals surface area contributed by atoms with Crippen molar-refractivity contribution in [2.24, 2.45) is 5.92 Å². The zero-order chi connectivity index (χ0) is 23.5. The summed E-state index contributed by atoms with van der Waals surface area (Å²) in [7, 11) is 0. The third kappa shape index (κ3) is 5.03. The molecule has 0 aliphatic carbocycles. The monoisotopic (exact) mass is 454 g/mol. The number of halogens is 1. The van der Waals surface area contributed by atoms with Gasteiger partial charge in [-0.15, -0.1) is 0 Å². The first-order chi connectivity index (χ1) is 15.8. The summed E-state index contributed by atoms with van der Waals surface area (Å²) in [5, 5.41) is 2.79. The van der Waals surface area contributed by atoms with Gasteiger partial charge in [0.15, 0.2) is 5.78 Å². The lowest BCUT2D eigenvalue weighted by molar-refractivity contribution is -0.138. The Hall–Kier alpha value is -3.33. The van der Waals surface area contributed by atoms with Crippen LogP contribution in [0.3, 0.4) is 0 Å². The number of alkyl halides is 1. The SMILES string of the molecule is CC(C)C[C@H](NC(=O)c1ccc(/C=C/c2cnc[nH]2)cc1)C(=O)N1CC(F)[C@H]2OCC(=O)[C@H]21. The van der Waals surface area contributed by atoms with Crippen molar-refractivity contribution in [3.63, 3.8) is 0 Å². The highest BCUT2D eigenvalue weighted by Crippen LogP contribution is 2.30. The minimum absolute atomic E-state index is 0.101. The lowest BCUT2D eigenvalue weighted by Gasteiger charge is -2.28. The fraction of sp³-hybridized carbons (Fsp3) is 0.417. The van der Waals surface area contributed by atoms with Gasteiger partial charge in [-0.25, -0.2) is 9.37 Å². The number of rotatable bonds is 7. The molecule has 0 radical (unpaired) electrons. The van der Waals surface area contributed by atoms with Crippen molar-refractivity contribution in [1.82, 2.24) is 20.2 Å². The molecule has 33 heavy (non-hydrogen) atoms. The number of ether oxygens (including phenoxy) is 1. The number of aromatic amines is 1. The normalized spacial score (nSPS) is 23.3. The number of nitrogens with one attached hydrogen (secondary N) is 2. The lowest BCUT2D eigenvalue weighted by atomic mass is 10.0. The Morgan fingerprint density at radius 2 is 2.06 bits per heavy atom. The van der Waals surface area contributed by atoms with Gasteiger partial charge in [-0.3, -0.25) is 14.4 Å². The maximum atomic E-state index is 14.3. The second-order valence-corrected chi connectivity index (χ2v) is 8.81. The smallest absolute Gasteiger partial charge is 0.251 e. The molecule has 2 amide bonds. The summed E-state index contributed by atoms with van der Waals surface area (Å²) in [6, 6.07) is 5.17. The topological polar surface area (TPSA) is 104 Å². The van der Waals surface area contributed by atoms with E-state index < -0.39 is 36.2 Å². The molecule has 2 fully saturated rings. The summed E-state index contributed by atoms with van der Waals surface area (Å²) in [4.78, 5) is 46.5. The molecule has 2 aliphatic heterocycles. The molecule has 4 rings (SSSR count). The second kappa shape index (κ2) is 9.66. The van der Waals surface area contributed by atoms with Crippen LogP contribution in [-0.2, 0) is 14.3 Å². The van der Waals surface area contributed by atoms with Crippen LogP contribution in [0.15, 0.2) is 36.8 Å². The first-order valence-corrected chi connectivity index (χ1v) is 11.0. The number of benzene rings is 1. The Kier molecular flexibility index (Phi) is 6.69. The van der Waals surface area contributed by atoms with E-state index in [4.69, 9.17) is 4.74 Å². The van der Waals surface area contributed by atoms with Crippen molar-refractivity contribution in [3.05, 3.63) is 53.6 Å². The zero-order valence-corrected chi connectivity index (χ0v) is 18.5. The van der Waals surface area contributed by atoms with E-state index in [2.05, 4.69) is 15.3 Å². The number of aromatic nitrogens is 2. The van der Waals surface area contributed by atoms with Crippen LogP contribution >= 0.6 is 0 Å². The summed E-state index contributed by atoms with van der Waals surface area (Å²) in [5.41, 5.74) is 2.16. The number of nitrogens with zero attached hydrogens (tertiary/aromatic N) is 2. The minimum atomic E-state index is -1.41. The highest BCUT2D eigenvalue weighted by Gasteiger charge is 2.53. The van der Waals surface area contributed by atoms with Crippen LogP contribution in [0.1, 0.15) is 41.9 Å². The van der Waals surface area contributed by atoms with Crippen LogP contribution < -0.4 is 5.32 Å². The molecule has 0 spiro atoms. The summed E-state index contributed by atoms with van der Waals surface area (Å²) in [6.07, 6.45) is 5.08. The van der Waals surface area contributed by atoms with E-state index in [1.165, 1.54) is 4.90 Å². The fourth-order valence-electron chi connectivity index (χ4n) is 4.25. The van der Waals surface area contributed by atoms with Gasteiger partial charge in [-0.2, -0.15) is 0 Å². The number of carbonyl (C=O) groups excluding carboxylic acids is 3. The van der Waals surface area contributed by atoms with Crippen molar-refractivity contribution in [2.45, 2.75) is 44.6 Å². The second-order valence-electron chi connectivity index (χ2n) is 8.81. The van der Waals surface area contributed by atoms with Crippen LogP contribution in [0.25, 0.3) is 12.2 Å². The van der Waals surface area contributed by atoms with Gasteiger partial charge in [0.25, 0.3) is 5.91 Å². The average Bonchev–Trinajstić information content (AvgIpc) is 3.51. The molecular weight excluding hydrogens is 427 g/mol. The highest BCUT2D eigenvalue weighted by atomic mass is 19.1. The largest absolute Gasteiger partial charge is 0.365 e. The van der Waals surface area contributed by atoms with Gasteiger partial charge in [0.2, 0.25) is 5.91 Å². The Morgan fingerprint density at radius 3 is 2.73 bits per heavy atom. The Bertz CT molecular complexity index is 1040. The summed E-state index contributed by atoms with van der Waals surface area (Å²) in [5.74, 6) is -1.06. The van der Waals surface area contributed by atoms with Gasteiger partial charge in [-0.1, -0.05) is 32.1 Å². The molecule has 0 bridgehead atoms. The fourth-order valence-corrected chi connectivity index (χ4v) is 4.25. The molecule has 1 aromatic carbocycles. The van der Waals surface area contributed by atoms with E-state index in [9.17, 15) is 18.8 Å². The van der Waals surface area contributed by atoms with Gasteiger partial charge in [-0.05, 0) is 36.1 Å². The predicted molar refractivity (Wildman–Crippen MR) is 120 cm³/mol. The summed E-state index contributed by atoms with van der Waals surface area (Å²) in [6.45, 7) is 3.47. The van der Waals surface area contributed by atoms with E-state index in [0.29, 0.717) is 12.0 Å². The number of carbonyl (C=O) groups is 3. The molecule has 174 valence electrons. The van der Waals surface area contributed by atoms with E-state index >= 15 is 0 Å². The molecule has 2 aliphatic rings. The number of Topliss-reactive ketones (excluding diaryl/α,β-unsaturated/α-hetero) is 1. The van der Waals surface area contributed by atoms with Crippen LogP contribution in [0.2, 0.25) is 0 Å². The van der Waals surface area contributed by atoms with E-state index in [-0.39, 0.29) is 24.9 Å². The molecule has 2 N–H and O–H groups in total. The lowest BCUT2D eigenvalue weighted by Crippen LogP contribution is -2.52. The number of likely N-dealkylation sites (tertiary alicyclic amines) is 1.